The monoisotopic (exact) mass is 447 g/mol. The van der Waals surface area contributed by atoms with E-state index in [1.807, 2.05) is 24.3 Å². The Bertz CT molecular complexity index is 1030. The maximum absolute atomic E-state index is 14.5. The Kier molecular flexibility index (Phi) is 7.57. The second-order valence-corrected chi connectivity index (χ2v) is 7.57. The highest BCUT2D eigenvalue weighted by Crippen LogP contribution is 2.36. The molecule has 1 aromatic heterocycles. The molecule has 2 aromatic carbocycles. The van der Waals surface area contributed by atoms with Crippen LogP contribution in [0.5, 0.6) is 17.4 Å². The molecule has 0 amide bonds. The van der Waals surface area contributed by atoms with E-state index in [1.54, 1.807) is 14.0 Å². The van der Waals surface area contributed by atoms with E-state index in [-0.39, 0.29) is 25.2 Å². The molecular formula is C23H23F2NO4S. The van der Waals surface area contributed by atoms with Gasteiger partial charge in [-0.1, -0.05) is 6.92 Å². The molecule has 1 heterocycles. The van der Waals surface area contributed by atoms with Gasteiger partial charge in [0.25, 0.3) is 0 Å². The third-order valence-electron chi connectivity index (χ3n) is 4.80. The van der Waals surface area contributed by atoms with Gasteiger partial charge in [-0.15, -0.1) is 0 Å². The molecule has 0 spiro atoms. The van der Waals surface area contributed by atoms with Gasteiger partial charge in [-0.3, -0.25) is 4.79 Å². The van der Waals surface area contributed by atoms with Crippen molar-refractivity contribution >= 4 is 17.3 Å². The molecule has 8 heteroatoms. The molecule has 0 saturated carbocycles. The molecule has 0 bridgehead atoms. The second-order valence-electron chi connectivity index (χ2n) is 6.80. The van der Waals surface area contributed by atoms with E-state index in [1.165, 1.54) is 30.8 Å². The number of carbonyl (C=O) groups excluding carboxylic acids is 1. The zero-order chi connectivity index (χ0) is 22.4. The minimum Gasteiger partial charge on any atom is -0.497 e. The predicted molar refractivity (Wildman–Crippen MR) is 115 cm³/mol. The van der Waals surface area contributed by atoms with Crippen molar-refractivity contribution in [3.8, 4) is 27.8 Å². The first kappa shape index (κ1) is 22.7. The van der Waals surface area contributed by atoms with Crippen molar-refractivity contribution in [2.45, 2.75) is 32.8 Å². The third-order valence-corrected chi connectivity index (χ3v) is 5.73. The highest BCUT2D eigenvalue weighted by atomic mass is 32.1. The van der Waals surface area contributed by atoms with Crippen LogP contribution in [0.1, 0.15) is 30.9 Å². The second kappa shape index (κ2) is 10.3. The molecule has 5 nitrogen and oxygen atoms in total. The predicted octanol–water partition coefficient (Wildman–Crippen LogP) is 5.60. The summed E-state index contributed by atoms with van der Waals surface area (Å²) in [7, 11) is 3.06. The van der Waals surface area contributed by atoms with Gasteiger partial charge in [0.2, 0.25) is 5.88 Å². The molecule has 3 aromatic rings. The third kappa shape index (κ3) is 5.38. The molecule has 0 atom stereocenters. The van der Waals surface area contributed by atoms with Gasteiger partial charge < -0.3 is 14.2 Å². The van der Waals surface area contributed by atoms with E-state index in [0.717, 1.165) is 10.4 Å². The topological polar surface area (TPSA) is 57.7 Å². The van der Waals surface area contributed by atoms with Crippen LogP contribution >= 0.6 is 11.5 Å². The van der Waals surface area contributed by atoms with Crippen molar-refractivity contribution in [2.75, 3.05) is 14.2 Å². The lowest BCUT2D eigenvalue weighted by Gasteiger charge is -2.12. The summed E-state index contributed by atoms with van der Waals surface area (Å²) in [5.41, 5.74) is 1.86. The van der Waals surface area contributed by atoms with Gasteiger partial charge in [0, 0.05) is 12.8 Å². The van der Waals surface area contributed by atoms with Crippen LogP contribution in [-0.2, 0) is 17.8 Å². The molecule has 0 saturated heterocycles. The first-order valence-electron chi connectivity index (χ1n) is 9.76. The Morgan fingerprint density at radius 3 is 2.32 bits per heavy atom. The molecule has 31 heavy (non-hydrogen) atoms. The first-order chi connectivity index (χ1) is 15.0. The SMILES string of the molecule is CCC(=O)CCc1cc(F)c(OCc2c(OC)nsc2-c2ccc(OC)cc2)c(F)c1. The summed E-state index contributed by atoms with van der Waals surface area (Å²) in [5, 5.41) is 0. The largest absolute Gasteiger partial charge is 0.497 e. The van der Waals surface area contributed by atoms with Crippen molar-refractivity contribution in [3.63, 3.8) is 0 Å². The number of aromatic nitrogens is 1. The normalized spacial score (nSPS) is 10.7. The average Bonchev–Trinajstić information content (AvgIpc) is 3.19. The standard InChI is InChI=1S/C23H23F2NO4S/c1-4-16(27)8-5-14-11-19(24)21(20(25)12-14)30-13-18-22(31-26-23(18)29-3)15-6-9-17(28-2)10-7-15/h6-7,9-12H,4-5,8,13H2,1-3H3. The quantitative estimate of drug-likeness (QED) is 0.405. The minimum absolute atomic E-state index is 0.0456. The lowest BCUT2D eigenvalue weighted by atomic mass is 10.1. The van der Waals surface area contributed by atoms with Crippen LogP contribution < -0.4 is 14.2 Å². The molecule has 0 radical (unpaired) electrons. The number of nitrogens with zero attached hydrogens (tertiary/aromatic N) is 1. The Morgan fingerprint density at radius 1 is 1.06 bits per heavy atom. The van der Waals surface area contributed by atoms with E-state index in [0.29, 0.717) is 29.2 Å². The summed E-state index contributed by atoms with van der Waals surface area (Å²) in [5.74, 6) is -1.00. The number of benzene rings is 2. The summed E-state index contributed by atoms with van der Waals surface area (Å²) in [4.78, 5) is 12.2. The van der Waals surface area contributed by atoms with E-state index in [4.69, 9.17) is 14.2 Å². The van der Waals surface area contributed by atoms with Crippen molar-refractivity contribution in [3.05, 3.63) is 59.2 Å². The zero-order valence-electron chi connectivity index (χ0n) is 17.5. The van der Waals surface area contributed by atoms with E-state index in [2.05, 4.69) is 4.37 Å². The molecule has 0 aliphatic rings. The van der Waals surface area contributed by atoms with Crippen LogP contribution in [-0.4, -0.2) is 24.4 Å². The number of hydrogen-bond acceptors (Lipinski definition) is 6. The Morgan fingerprint density at radius 2 is 1.74 bits per heavy atom. The molecule has 164 valence electrons. The fraction of sp³-hybridized carbons (Fsp3) is 0.304. The van der Waals surface area contributed by atoms with E-state index < -0.39 is 17.4 Å². The summed E-state index contributed by atoms with van der Waals surface area (Å²) in [6.07, 6.45) is 0.933. The number of halogens is 2. The fourth-order valence-corrected chi connectivity index (χ4v) is 3.91. The molecule has 0 aliphatic carbocycles. The van der Waals surface area contributed by atoms with Gasteiger partial charge in [0.15, 0.2) is 17.4 Å². The van der Waals surface area contributed by atoms with Crippen LogP contribution in [0.3, 0.4) is 0 Å². The smallest absolute Gasteiger partial charge is 0.232 e. The Balaban J connectivity index is 1.80. The number of rotatable bonds is 10. The Labute approximate surface area is 183 Å². The van der Waals surface area contributed by atoms with Gasteiger partial charge in [0.05, 0.1) is 24.7 Å². The van der Waals surface area contributed by atoms with Crippen molar-refractivity contribution in [1.82, 2.24) is 4.37 Å². The van der Waals surface area contributed by atoms with Gasteiger partial charge in [-0.2, -0.15) is 4.37 Å². The number of ether oxygens (including phenoxy) is 3. The molecule has 0 N–H and O–H groups in total. The average molecular weight is 448 g/mol. The lowest BCUT2D eigenvalue weighted by Crippen LogP contribution is -2.04. The number of Topliss-reactive ketones (excluding diaryl/α,β-unsaturated/α-hetero) is 1. The van der Waals surface area contributed by atoms with E-state index >= 15 is 0 Å². The lowest BCUT2D eigenvalue weighted by molar-refractivity contribution is -0.118. The number of methoxy groups -OCH3 is 2. The van der Waals surface area contributed by atoms with Gasteiger partial charge >= 0.3 is 0 Å². The molecule has 0 unspecified atom stereocenters. The first-order valence-corrected chi connectivity index (χ1v) is 10.5. The highest BCUT2D eigenvalue weighted by Gasteiger charge is 2.20. The van der Waals surface area contributed by atoms with Crippen LogP contribution in [0.15, 0.2) is 36.4 Å². The summed E-state index contributed by atoms with van der Waals surface area (Å²) in [6.45, 7) is 1.64. The Hall–Kier alpha value is -3.00. The van der Waals surface area contributed by atoms with Crippen molar-refractivity contribution in [2.24, 2.45) is 0 Å². The van der Waals surface area contributed by atoms with Gasteiger partial charge in [-0.05, 0) is 65.5 Å². The summed E-state index contributed by atoms with van der Waals surface area (Å²) in [6, 6.07) is 9.76. The number of aryl methyl sites for hydroxylation is 1. The van der Waals surface area contributed by atoms with Crippen molar-refractivity contribution in [1.29, 1.82) is 0 Å². The van der Waals surface area contributed by atoms with Gasteiger partial charge in [-0.25, -0.2) is 8.78 Å². The maximum atomic E-state index is 14.5. The number of ketones is 1. The minimum atomic E-state index is -0.813. The van der Waals surface area contributed by atoms with Crippen molar-refractivity contribution < 1.29 is 27.8 Å². The van der Waals surface area contributed by atoms with Crippen LogP contribution in [0, 0.1) is 11.6 Å². The van der Waals surface area contributed by atoms with E-state index in [9.17, 15) is 13.6 Å². The molecule has 0 fully saturated rings. The van der Waals surface area contributed by atoms with Crippen LogP contribution in [0.25, 0.3) is 10.4 Å². The summed E-state index contributed by atoms with van der Waals surface area (Å²) >= 11 is 1.21. The number of hydrogen-bond donors (Lipinski definition) is 0. The highest BCUT2D eigenvalue weighted by molar-refractivity contribution is 7.10. The van der Waals surface area contributed by atoms with Crippen LogP contribution in [0.2, 0.25) is 0 Å². The zero-order valence-corrected chi connectivity index (χ0v) is 18.4. The summed E-state index contributed by atoms with van der Waals surface area (Å²) < 4.78 is 49.3. The number of carbonyl (C=O) groups is 1. The molecule has 0 aliphatic heterocycles. The van der Waals surface area contributed by atoms with Crippen LogP contribution in [0.4, 0.5) is 8.78 Å². The fourth-order valence-electron chi connectivity index (χ4n) is 3.05. The maximum Gasteiger partial charge on any atom is 0.232 e. The van der Waals surface area contributed by atoms with Gasteiger partial charge in [0.1, 0.15) is 18.1 Å². The molecule has 3 rings (SSSR count). The molecular weight excluding hydrogens is 424 g/mol.